The maximum atomic E-state index is 12.0. The summed E-state index contributed by atoms with van der Waals surface area (Å²) >= 11 is 0. The summed E-state index contributed by atoms with van der Waals surface area (Å²) in [6, 6.07) is 0.207. The fraction of sp³-hybridized carbons (Fsp3) is 0.824. The van der Waals surface area contributed by atoms with E-state index in [1.807, 2.05) is 24.7 Å². The van der Waals surface area contributed by atoms with Crippen LogP contribution in [0.3, 0.4) is 0 Å². The normalized spacial score (nSPS) is 26.7. The lowest BCUT2D eigenvalue weighted by Gasteiger charge is -2.29. The highest BCUT2D eigenvalue weighted by Crippen LogP contribution is 2.31. The molecule has 7 nitrogen and oxygen atoms in total. The van der Waals surface area contributed by atoms with Gasteiger partial charge < -0.3 is 15.2 Å². The molecule has 2 aliphatic rings. The van der Waals surface area contributed by atoms with Crippen LogP contribution in [0.2, 0.25) is 0 Å². The topological polar surface area (TPSA) is 89.3 Å². The molecule has 1 aliphatic carbocycles. The summed E-state index contributed by atoms with van der Waals surface area (Å²) in [6.07, 6.45) is 6.19. The Morgan fingerprint density at radius 2 is 2.21 bits per heavy atom. The molecule has 0 bridgehead atoms. The number of nitrogens with one attached hydrogen (secondary N) is 1. The molecular weight excluding hydrogens is 308 g/mol. The van der Waals surface area contributed by atoms with E-state index in [4.69, 9.17) is 4.74 Å². The lowest BCUT2D eigenvalue weighted by molar-refractivity contribution is -0.125. The van der Waals surface area contributed by atoms with Gasteiger partial charge in [0.05, 0.1) is 6.20 Å². The number of ether oxygens (including phenoxy) is 1. The molecule has 134 valence electrons. The highest BCUT2D eigenvalue weighted by Gasteiger charge is 2.35. The van der Waals surface area contributed by atoms with Gasteiger partial charge in [-0.25, -0.2) is 0 Å². The maximum absolute atomic E-state index is 12.0. The highest BCUT2D eigenvalue weighted by atomic mass is 16.5. The summed E-state index contributed by atoms with van der Waals surface area (Å²) in [6.45, 7) is 5.66. The van der Waals surface area contributed by atoms with E-state index in [-0.39, 0.29) is 17.9 Å². The molecule has 2 N–H and O–H groups in total. The zero-order chi connectivity index (χ0) is 17.2. The quantitative estimate of drug-likeness (QED) is 0.844. The fourth-order valence-electron chi connectivity index (χ4n) is 3.60. The van der Waals surface area contributed by atoms with Crippen LogP contribution in [0.4, 0.5) is 0 Å². The predicted octanol–water partition coefficient (Wildman–Crippen LogP) is 1.22. The Bertz CT molecular complexity index is 566. The minimum Gasteiger partial charge on any atom is -0.383 e. The van der Waals surface area contributed by atoms with Crippen LogP contribution in [-0.2, 0) is 21.7 Å². The number of nitrogens with zero attached hydrogens (tertiary/aromatic N) is 3. The van der Waals surface area contributed by atoms with Gasteiger partial charge in [-0.2, -0.15) is 0 Å². The van der Waals surface area contributed by atoms with E-state index >= 15 is 0 Å². The van der Waals surface area contributed by atoms with Crippen molar-refractivity contribution < 1.29 is 14.6 Å². The van der Waals surface area contributed by atoms with Gasteiger partial charge in [-0.1, -0.05) is 25.5 Å². The second kappa shape index (κ2) is 7.19. The van der Waals surface area contributed by atoms with E-state index in [2.05, 4.69) is 15.6 Å². The van der Waals surface area contributed by atoms with Crippen LogP contribution in [0, 0.1) is 11.8 Å². The van der Waals surface area contributed by atoms with Crippen molar-refractivity contribution >= 4 is 5.91 Å². The number of aliphatic hydroxyl groups is 1. The third kappa shape index (κ3) is 3.78. The van der Waals surface area contributed by atoms with Crippen molar-refractivity contribution in [3.05, 3.63) is 11.9 Å². The first kappa shape index (κ1) is 17.4. The van der Waals surface area contributed by atoms with Crippen LogP contribution in [0.25, 0.3) is 0 Å². The standard InChI is InChI=1S/C17H28N4O3/c1-12(2)16(22)18-14-5-3-4-13(14)10-21-11-15(19-20-21)17(23)6-8-24-9-7-17/h11-14,23H,3-10H2,1-2H3,(H,18,22)/t13-,14-/m1/s1. The zero-order valence-electron chi connectivity index (χ0n) is 14.6. The Hall–Kier alpha value is -1.47. The summed E-state index contributed by atoms with van der Waals surface area (Å²) in [7, 11) is 0. The molecule has 1 aliphatic heterocycles. The Morgan fingerprint density at radius 3 is 2.92 bits per heavy atom. The summed E-state index contributed by atoms with van der Waals surface area (Å²) in [5.74, 6) is 0.487. The van der Waals surface area contributed by atoms with Gasteiger partial charge in [0, 0.05) is 44.6 Å². The van der Waals surface area contributed by atoms with Crippen molar-refractivity contribution in [2.75, 3.05) is 13.2 Å². The second-order valence-electron chi connectivity index (χ2n) is 7.43. The molecule has 2 atom stereocenters. The minimum absolute atomic E-state index is 0.00647. The predicted molar refractivity (Wildman–Crippen MR) is 88.1 cm³/mol. The number of carbonyl (C=O) groups is 1. The summed E-state index contributed by atoms with van der Waals surface area (Å²) < 4.78 is 7.13. The van der Waals surface area contributed by atoms with Crippen LogP contribution in [0.5, 0.6) is 0 Å². The largest absolute Gasteiger partial charge is 0.383 e. The number of carbonyl (C=O) groups excluding carboxylic acids is 1. The smallest absolute Gasteiger partial charge is 0.222 e. The molecule has 0 spiro atoms. The van der Waals surface area contributed by atoms with Crippen LogP contribution in [-0.4, -0.2) is 45.3 Å². The summed E-state index contributed by atoms with van der Waals surface area (Å²) in [5, 5.41) is 22.2. The van der Waals surface area contributed by atoms with Gasteiger partial charge in [0.1, 0.15) is 11.3 Å². The third-order valence-corrected chi connectivity index (χ3v) is 5.27. The summed E-state index contributed by atoms with van der Waals surface area (Å²) in [5.41, 5.74) is -0.288. The molecule has 0 radical (unpaired) electrons. The Labute approximate surface area is 142 Å². The van der Waals surface area contributed by atoms with Gasteiger partial charge in [-0.3, -0.25) is 9.48 Å². The Kier molecular flexibility index (Phi) is 5.20. The van der Waals surface area contributed by atoms with Gasteiger partial charge in [-0.05, 0) is 18.8 Å². The minimum atomic E-state index is -0.919. The molecule has 0 unspecified atom stereocenters. The first-order chi connectivity index (χ1) is 11.5. The van der Waals surface area contributed by atoms with Crippen molar-refractivity contribution in [2.45, 2.75) is 64.1 Å². The number of amides is 1. The molecule has 1 saturated carbocycles. The molecule has 2 heterocycles. The van der Waals surface area contributed by atoms with Crippen molar-refractivity contribution in [3.63, 3.8) is 0 Å². The molecule has 24 heavy (non-hydrogen) atoms. The highest BCUT2D eigenvalue weighted by molar-refractivity contribution is 5.78. The molecule has 7 heteroatoms. The monoisotopic (exact) mass is 336 g/mol. The molecular formula is C17H28N4O3. The van der Waals surface area contributed by atoms with E-state index < -0.39 is 5.60 Å². The number of rotatable bonds is 5. The number of aromatic nitrogens is 3. The van der Waals surface area contributed by atoms with E-state index in [0.717, 1.165) is 25.8 Å². The first-order valence-corrected chi connectivity index (χ1v) is 8.99. The van der Waals surface area contributed by atoms with Gasteiger partial charge >= 0.3 is 0 Å². The lowest BCUT2D eigenvalue weighted by atomic mass is 9.91. The molecule has 1 amide bonds. The number of hydrogen-bond acceptors (Lipinski definition) is 5. The van der Waals surface area contributed by atoms with Crippen molar-refractivity contribution in [3.8, 4) is 0 Å². The number of hydrogen-bond donors (Lipinski definition) is 2. The van der Waals surface area contributed by atoms with E-state index in [9.17, 15) is 9.90 Å². The summed E-state index contributed by atoms with van der Waals surface area (Å²) in [4.78, 5) is 12.0. The van der Waals surface area contributed by atoms with Gasteiger partial charge in [0.25, 0.3) is 0 Å². The molecule has 1 saturated heterocycles. The van der Waals surface area contributed by atoms with E-state index in [1.165, 1.54) is 0 Å². The lowest BCUT2D eigenvalue weighted by Crippen LogP contribution is -2.40. The van der Waals surface area contributed by atoms with Crippen LogP contribution in [0.1, 0.15) is 51.6 Å². The van der Waals surface area contributed by atoms with E-state index in [0.29, 0.717) is 37.7 Å². The molecule has 2 fully saturated rings. The van der Waals surface area contributed by atoms with E-state index in [1.54, 1.807) is 0 Å². The van der Waals surface area contributed by atoms with Crippen molar-refractivity contribution in [1.82, 2.24) is 20.3 Å². The SMILES string of the molecule is CC(C)C(=O)N[C@@H]1CCC[C@@H]1Cn1cc(C2(O)CCOCC2)nn1. The first-order valence-electron chi connectivity index (χ1n) is 8.99. The second-order valence-corrected chi connectivity index (χ2v) is 7.43. The molecule has 1 aromatic rings. The van der Waals surface area contributed by atoms with Crippen LogP contribution < -0.4 is 5.32 Å². The van der Waals surface area contributed by atoms with Gasteiger partial charge in [-0.15, -0.1) is 5.10 Å². The molecule has 3 rings (SSSR count). The Balaban J connectivity index is 1.62. The average molecular weight is 336 g/mol. The van der Waals surface area contributed by atoms with Crippen LogP contribution in [0.15, 0.2) is 6.20 Å². The third-order valence-electron chi connectivity index (χ3n) is 5.27. The fourth-order valence-corrected chi connectivity index (χ4v) is 3.60. The Morgan fingerprint density at radius 1 is 1.46 bits per heavy atom. The molecule has 0 aromatic carbocycles. The maximum Gasteiger partial charge on any atom is 0.222 e. The van der Waals surface area contributed by atoms with Crippen LogP contribution >= 0.6 is 0 Å². The molecule has 1 aromatic heterocycles. The van der Waals surface area contributed by atoms with Crippen molar-refractivity contribution in [1.29, 1.82) is 0 Å². The van der Waals surface area contributed by atoms with Gasteiger partial charge in [0.2, 0.25) is 5.91 Å². The zero-order valence-corrected chi connectivity index (χ0v) is 14.6. The van der Waals surface area contributed by atoms with Crippen molar-refractivity contribution in [2.24, 2.45) is 11.8 Å². The van der Waals surface area contributed by atoms with Gasteiger partial charge in [0.15, 0.2) is 0 Å². The average Bonchev–Trinajstić information content (AvgIpc) is 3.19.